The lowest BCUT2D eigenvalue weighted by Crippen LogP contribution is -2.66. The van der Waals surface area contributed by atoms with Gasteiger partial charge in [0.05, 0.1) is 38.6 Å². The smallest absolute Gasteiger partial charge is 0.220 e. The summed E-state index contributed by atoms with van der Waals surface area (Å²) in [6.45, 7) is 1.69. The van der Waals surface area contributed by atoms with E-state index in [9.17, 15) is 61.0 Å². The van der Waals surface area contributed by atoms with E-state index in [1.165, 1.54) is 141 Å². The number of amides is 1. The fourth-order valence-electron chi connectivity index (χ4n) is 10.7. The molecule has 0 aliphatic carbocycles. The van der Waals surface area contributed by atoms with Crippen LogP contribution in [0.15, 0.2) is 36.5 Å². The van der Waals surface area contributed by atoms with Crippen molar-refractivity contribution in [1.82, 2.24) is 5.32 Å². The summed E-state index contributed by atoms with van der Waals surface area (Å²) in [6, 6.07) is -0.993. The van der Waals surface area contributed by atoms with Crippen LogP contribution in [0.5, 0.6) is 0 Å². The van der Waals surface area contributed by atoms with Gasteiger partial charge in [-0.05, 0) is 44.9 Å². The van der Waals surface area contributed by atoms with Gasteiger partial charge in [0.1, 0.15) is 73.2 Å². The summed E-state index contributed by atoms with van der Waals surface area (Å²) in [5.41, 5.74) is 0. The predicted octanol–water partition coefficient (Wildman–Crippen LogP) is 6.49. The number of aliphatic hydroxyl groups is 11. The standard InChI is InChI=1S/C62H113NO18/c1-3-5-7-9-11-13-15-17-19-20-21-22-23-24-26-28-30-32-34-36-38-40-50(68)63-45(46(67)39-37-35-33-31-29-27-25-18-16-14-12-10-8-6-4-2)44-76-60-56(74)53(71)58(48(42-65)78-60)81-62-57(75)54(72)59(49(43-66)79-62)80-61-55(73)52(70)51(69)47(41-64)77-61/h16,18,29,31,37,39,45-49,51-62,64-67,69-75H,3-15,17,19-28,30,32-36,38,40-44H2,1-2H3,(H,63,68)/b18-16+,31-29+,39-37+. The van der Waals surface area contributed by atoms with Crippen LogP contribution in [0.2, 0.25) is 0 Å². The van der Waals surface area contributed by atoms with Crippen LogP contribution in [0.1, 0.15) is 219 Å². The number of unbranched alkanes of at least 4 members (excludes halogenated alkanes) is 27. The van der Waals surface area contributed by atoms with E-state index in [2.05, 4.69) is 43.5 Å². The molecule has 17 atom stereocenters. The van der Waals surface area contributed by atoms with Crippen molar-refractivity contribution >= 4 is 5.91 Å². The third-order valence-corrected chi connectivity index (χ3v) is 15.9. The van der Waals surface area contributed by atoms with E-state index < -0.39 is 124 Å². The van der Waals surface area contributed by atoms with Crippen molar-refractivity contribution in [1.29, 1.82) is 0 Å². The minimum Gasteiger partial charge on any atom is -0.394 e. The Morgan fingerprint density at radius 3 is 1.23 bits per heavy atom. The van der Waals surface area contributed by atoms with Crippen molar-refractivity contribution in [3.63, 3.8) is 0 Å². The van der Waals surface area contributed by atoms with Crippen molar-refractivity contribution in [3.8, 4) is 0 Å². The largest absolute Gasteiger partial charge is 0.394 e. The Bertz CT molecular complexity index is 1620. The molecule has 0 aromatic rings. The number of ether oxygens (including phenoxy) is 6. The maximum atomic E-state index is 13.3. The maximum Gasteiger partial charge on any atom is 0.220 e. The molecule has 0 spiro atoms. The van der Waals surface area contributed by atoms with Gasteiger partial charge in [-0.1, -0.05) is 204 Å². The maximum absolute atomic E-state index is 13.3. The molecule has 81 heavy (non-hydrogen) atoms. The Kier molecular flexibility index (Phi) is 41.0. The summed E-state index contributed by atoms with van der Waals surface area (Å²) >= 11 is 0. The zero-order chi connectivity index (χ0) is 59.0. The Morgan fingerprint density at radius 2 is 0.790 bits per heavy atom. The molecule has 3 aliphatic heterocycles. The number of rotatable bonds is 47. The third-order valence-electron chi connectivity index (χ3n) is 15.9. The lowest BCUT2D eigenvalue weighted by Gasteiger charge is -2.48. The van der Waals surface area contributed by atoms with Crippen LogP contribution in [0.4, 0.5) is 0 Å². The van der Waals surface area contributed by atoms with Gasteiger partial charge in [-0.3, -0.25) is 4.79 Å². The summed E-state index contributed by atoms with van der Waals surface area (Å²) in [5, 5.41) is 120. The average Bonchev–Trinajstić information content (AvgIpc) is 3.51. The van der Waals surface area contributed by atoms with Gasteiger partial charge in [0.2, 0.25) is 5.91 Å². The van der Waals surface area contributed by atoms with Crippen LogP contribution >= 0.6 is 0 Å². The number of hydrogen-bond acceptors (Lipinski definition) is 18. The SMILES string of the molecule is CCCCCCC/C=C/CC/C=C/CC/C=C/C(O)C(COC1OC(CO)C(OC2OC(CO)C(OC3OC(CO)C(O)C(O)C3O)C(O)C2O)C(O)C1O)NC(=O)CCCCCCCCCCCCCCCCCCCCCCC. The molecule has 0 bridgehead atoms. The number of carbonyl (C=O) groups excluding carboxylic acids is 1. The molecule has 3 saturated heterocycles. The van der Waals surface area contributed by atoms with Crippen molar-refractivity contribution in [2.75, 3.05) is 26.4 Å². The second-order valence-electron chi connectivity index (χ2n) is 22.9. The molecule has 3 aliphatic rings. The molecule has 0 saturated carbocycles. The van der Waals surface area contributed by atoms with E-state index in [0.29, 0.717) is 12.8 Å². The van der Waals surface area contributed by atoms with E-state index >= 15 is 0 Å². The monoisotopic (exact) mass is 1160 g/mol. The summed E-state index contributed by atoms with van der Waals surface area (Å²) in [5.74, 6) is -0.288. The first-order valence-corrected chi connectivity index (χ1v) is 31.7. The summed E-state index contributed by atoms with van der Waals surface area (Å²) < 4.78 is 34.2. The molecule has 3 rings (SSSR count). The van der Waals surface area contributed by atoms with Crippen LogP contribution < -0.4 is 5.32 Å². The minimum absolute atomic E-state index is 0.235. The fraction of sp³-hybridized carbons (Fsp3) is 0.887. The molecule has 474 valence electrons. The second-order valence-corrected chi connectivity index (χ2v) is 22.9. The van der Waals surface area contributed by atoms with E-state index in [4.69, 9.17) is 28.4 Å². The number of allylic oxidation sites excluding steroid dienone is 5. The number of hydrogen-bond donors (Lipinski definition) is 12. The first kappa shape index (κ1) is 73.3. The quantitative estimate of drug-likeness (QED) is 0.0229. The summed E-state index contributed by atoms with van der Waals surface area (Å²) in [4.78, 5) is 13.3. The zero-order valence-electron chi connectivity index (χ0n) is 49.5. The molecule has 19 nitrogen and oxygen atoms in total. The molecular formula is C62H113NO18. The summed E-state index contributed by atoms with van der Waals surface area (Å²) in [6.07, 6.45) is 22.7. The predicted molar refractivity (Wildman–Crippen MR) is 309 cm³/mol. The fourth-order valence-corrected chi connectivity index (χ4v) is 10.7. The number of nitrogens with one attached hydrogen (secondary N) is 1. The van der Waals surface area contributed by atoms with Crippen molar-refractivity contribution in [2.24, 2.45) is 0 Å². The highest BCUT2D eigenvalue weighted by molar-refractivity contribution is 5.76. The highest BCUT2D eigenvalue weighted by Gasteiger charge is 2.53. The van der Waals surface area contributed by atoms with Gasteiger partial charge in [-0.2, -0.15) is 0 Å². The Labute approximate surface area is 485 Å². The lowest BCUT2D eigenvalue weighted by atomic mass is 9.96. The molecule has 19 heteroatoms. The topological polar surface area (TPSA) is 307 Å². The summed E-state index contributed by atoms with van der Waals surface area (Å²) in [7, 11) is 0. The normalized spacial score (nSPS) is 30.0. The number of carbonyl (C=O) groups is 1. The molecule has 0 aromatic heterocycles. The van der Waals surface area contributed by atoms with Crippen molar-refractivity contribution in [2.45, 2.75) is 324 Å². The van der Waals surface area contributed by atoms with Crippen LogP contribution in [-0.4, -0.2) is 193 Å². The molecule has 1 amide bonds. The Hall–Kier alpha value is -1.99. The average molecular weight is 1160 g/mol. The second kappa shape index (κ2) is 45.3. The number of aliphatic hydroxyl groups excluding tert-OH is 11. The van der Waals surface area contributed by atoms with Gasteiger partial charge < -0.3 is 89.9 Å². The van der Waals surface area contributed by atoms with E-state index in [0.717, 1.165) is 44.9 Å². The highest BCUT2D eigenvalue weighted by Crippen LogP contribution is 2.33. The van der Waals surface area contributed by atoms with Gasteiger partial charge in [-0.15, -0.1) is 0 Å². The molecule has 3 heterocycles. The molecule has 0 radical (unpaired) electrons. The van der Waals surface area contributed by atoms with Crippen LogP contribution in [0, 0.1) is 0 Å². The molecule has 0 aromatic carbocycles. The van der Waals surface area contributed by atoms with Crippen LogP contribution in [0.3, 0.4) is 0 Å². The molecule has 17 unspecified atom stereocenters. The van der Waals surface area contributed by atoms with Crippen molar-refractivity contribution in [3.05, 3.63) is 36.5 Å². The first-order valence-electron chi connectivity index (χ1n) is 31.7. The lowest BCUT2D eigenvalue weighted by molar-refractivity contribution is -0.379. The van der Waals surface area contributed by atoms with Gasteiger partial charge >= 0.3 is 0 Å². The first-order chi connectivity index (χ1) is 39.3. The molecule has 12 N–H and O–H groups in total. The third kappa shape index (κ3) is 28.8. The molecular weight excluding hydrogens is 1050 g/mol. The van der Waals surface area contributed by atoms with E-state index in [-0.39, 0.29) is 18.9 Å². The van der Waals surface area contributed by atoms with Gasteiger partial charge in [0, 0.05) is 6.42 Å². The van der Waals surface area contributed by atoms with Crippen LogP contribution in [0.25, 0.3) is 0 Å². The van der Waals surface area contributed by atoms with Crippen molar-refractivity contribution < 1.29 is 89.4 Å². The van der Waals surface area contributed by atoms with E-state index in [1.54, 1.807) is 6.08 Å². The van der Waals surface area contributed by atoms with Gasteiger partial charge in [0.25, 0.3) is 0 Å². The van der Waals surface area contributed by atoms with Crippen LogP contribution in [-0.2, 0) is 33.2 Å². The minimum atomic E-state index is -1.98. The van der Waals surface area contributed by atoms with E-state index in [1.807, 2.05) is 6.08 Å². The molecule has 3 fully saturated rings. The highest BCUT2D eigenvalue weighted by atomic mass is 16.8. The van der Waals surface area contributed by atoms with Gasteiger partial charge in [0.15, 0.2) is 18.9 Å². The van der Waals surface area contributed by atoms with Gasteiger partial charge in [-0.25, -0.2) is 0 Å². The Morgan fingerprint density at radius 1 is 0.432 bits per heavy atom. The zero-order valence-corrected chi connectivity index (χ0v) is 49.5. The Balaban J connectivity index is 1.48.